The Morgan fingerprint density at radius 2 is 1.88 bits per heavy atom. The minimum absolute atomic E-state index is 0.126. The minimum Gasteiger partial charge on any atom is -0.273 e. The molecule has 0 aliphatic heterocycles. The van der Waals surface area contributed by atoms with Crippen molar-refractivity contribution in [2.24, 2.45) is 0 Å². The number of nitrogens with one attached hydrogen (secondary N) is 2. The summed E-state index contributed by atoms with van der Waals surface area (Å²) in [5.74, 6) is -0.0908. The first-order valence-corrected chi connectivity index (χ1v) is 10.2. The number of benzene rings is 1. The molecule has 1 aliphatic rings. The molecule has 0 saturated carbocycles. The molecular weight excluding hydrogens is 344 g/mol. The predicted molar refractivity (Wildman–Crippen MR) is 94.7 cm³/mol. The summed E-state index contributed by atoms with van der Waals surface area (Å²) in [6.45, 7) is 4.08. The van der Waals surface area contributed by atoms with E-state index in [0.29, 0.717) is 10.8 Å². The number of carbonyl (C=O) groups excluding carboxylic acids is 1. The van der Waals surface area contributed by atoms with Gasteiger partial charge in [0.1, 0.15) is 0 Å². The molecule has 1 aliphatic carbocycles. The molecule has 0 unspecified atom stereocenters. The van der Waals surface area contributed by atoms with E-state index in [4.69, 9.17) is 0 Å². The van der Waals surface area contributed by atoms with Crippen LogP contribution in [0.3, 0.4) is 0 Å². The molecule has 3 rings (SSSR count). The Morgan fingerprint density at radius 3 is 2.50 bits per heavy atom. The Labute approximate surface area is 146 Å². The molecule has 0 bridgehead atoms. The van der Waals surface area contributed by atoms with Crippen LogP contribution in [0.15, 0.2) is 35.2 Å². The number of sulfonamides is 1. The molecule has 0 radical (unpaired) electrons. The van der Waals surface area contributed by atoms with Crippen molar-refractivity contribution >= 4 is 27.3 Å². The van der Waals surface area contributed by atoms with Crippen LogP contribution in [0.4, 0.5) is 0 Å². The Kier molecular flexibility index (Phi) is 4.76. The number of amides is 1. The quantitative estimate of drug-likeness (QED) is 0.801. The lowest BCUT2D eigenvalue weighted by molar-refractivity contribution is 0.0949. The number of carbonyl (C=O) groups is 1. The second kappa shape index (κ2) is 6.66. The molecule has 0 spiro atoms. The van der Waals surface area contributed by atoms with Gasteiger partial charge < -0.3 is 0 Å². The van der Waals surface area contributed by atoms with Gasteiger partial charge in [-0.15, -0.1) is 16.2 Å². The van der Waals surface area contributed by atoms with Crippen molar-refractivity contribution in [3.63, 3.8) is 0 Å². The summed E-state index contributed by atoms with van der Waals surface area (Å²) in [7, 11) is -3.78. The summed E-state index contributed by atoms with van der Waals surface area (Å²) < 4.78 is 24.5. The first kappa shape index (κ1) is 17.1. The lowest BCUT2D eigenvalue weighted by Crippen LogP contribution is -2.41. The molecule has 7 heteroatoms. The topological polar surface area (TPSA) is 75.3 Å². The normalized spacial score (nSPS) is 14.0. The van der Waals surface area contributed by atoms with Crippen LogP contribution in [0.5, 0.6) is 0 Å². The standard InChI is InChI=1S/C17H20N2O3S2/c1-11(2)12-6-8-14(9-7-12)24(21,22)19-18-17(20)16-10-13-4-3-5-15(13)23-16/h6-11,19H,3-5H2,1-2H3,(H,18,20). The molecule has 1 heterocycles. The van der Waals surface area contributed by atoms with Gasteiger partial charge in [-0.25, -0.2) is 8.42 Å². The van der Waals surface area contributed by atoms with E-state index in [1.54, 1.807) is 24.3 Å². The highest BCUT2D eigenvalue weighted by molar-refractivity contribution is 7.89. The van der Waals surface area contributed by atoms with Crippen molar-refractivity contribution < 1.29 is 13.2 Å². The highest BCUT2D eigenvalue weighted by Crippen LogP contribution is 2.30. The Morgan fingerprint density at radius 1 is 1.17 bits per heavy atom. The van der Waals surface area contributed by atoms with Gasteiger partial charge in [0.05, 0.1) is 9.77 Å². The average Bonchev–Trinajstić information content (AvgIpc) is 3.14. The van der Waals surface area contributed by atoms with E-state index in [1.165, 1.54) is 21.8 Å². The Bertz CT molecular complexity index is 831. The second-order valence-electron chi connectivity index (χ2n) is 6.20. The SMILES string of the molecule is CC(C)c1ccc(S(=O)(=O)NNC(=O)c2cc3c(s2)CCC3)cc1. The Balaban J connectivity index is 1.66. The maximum Gasteiger partial charge on any atom is 0.276 e. The van der Waals surface area contributed by atoms with Crippen molar-refractivity contribution in [2.75, 3.05) is 0 Å². The van der Waals surface area contributed by atoms with E-state index >= 15 is 0 Å². The van der Waals surface area contributed by atoms with Gasteiger partial charge in [0.2, 0.25) is 0 Å². The van der Waals surface area contributed by atoms with Crippen molar-refractivity contribution in [3.8, 4) is 0 Å². The maximum atomic E-state index is 12.3. The zero-order chi connectivity index (χ0) is 17.3. The van der Waals surface area contributed by atoms with Gasteiger partial charge in [-0.05, 0) is 54.5 Å². The maximum absolute atomic E-state index is 12.3. The summed E-state index contributed by atoms with van der Waals surface area (Å²) in [5, 5.41) is 0. The number of hydrogen-bond acceptors (Lipinski definition) is 4. The van der Waals surface area contributed by atoms with E-state index in [0.717, 1.165) is 24.8 Å². The van der Waals surface area contributed by atoms with Crippen LogP contribution in [0.2, 0.25) is 0 Å². The van der Waals surface area contributed by atoms with Gasteiger partial charge in [-0.1, -0.05) is 26.0 Å². The van der Waals surface area contributed by atoms with E-state index in [1.807, 2.05) is 19.9 Å². The average molecular weight is 364 g/mol. The lowest BCUT2D eigenvalue weighted by atomic mass is 10.0. The van der Waals surface area contributed by atoms with Crippen molar-refractivity contribution in [1.82, 2.24) is 10.3 Å². The summed E-state index contributed by atoms with van der Waals surface area (Å²) in [6, 6.07) is 8.51. The summed E-state index contributed by atoms with van der Waals surface area (Å²) in [6.07, 6.45) is 3.12. The molecule has 0 fully saturated rings. The Hall–Kier alpha value is -1.70. The van der Waals surface area contributed by atoms with Crippen LogP contribution in [0.25, 0.3) is 0 Å². The van der Waals surface area contributed by atoms with Gasteiger partial charge in [0, 0.05) is 4.88 Å². The summed E-state index contributed by atoms with van der Waals surface area (Å²) in [4.78, 5) is 16.2. The third-order valence-corrected chi connectivity index (χ3v) is 6.63. The molecule has 2 N–H and O–H groups in total. The van der Waals surface area contributed by atoms with Gasteiger partial charge in [0.15, 0.2) is 0 Å². The molecule has 2 aromatic rings. The molecule has 0 saturated heterocycles. The smallest absolute Gasteiger partial charge is 0.273 e. The molecule has 1 amide bonds. The molecule has 1 aromatic heterocycles. The zero-order valence-corrected chi connectivity index (χ0v) is 15.3. The monoisotopic (exact) mass is 364 g/mol. The minimum atomic E-state index is -3.78. The number of hydrogen-bond donors (Lipinski definition) is 2. The third kappa shape index (κ3) is 3.53. The highest BCUT2D eigenvalue weighted by atomic mass is 32.2. The fourth-order valence-electron chi connectivity index (χ4n) is 2.71. The van der Waals surface area contributed by atoms with Gasteiger partial charge in [-0.3, -0.25) is 10.2 Å². The number of hydrazine groups is 1. The highest BCUT2D eigenvalue weighted by Gasteiger charge is 2.20. The lowest BCUT2D eigenvalue weighted by Gasteiger charge is -2.09. The van der Waals surface area contributed by atoms with Crippen LogP contribution in [-0.2, 0) is 22.9 Å². The number of fused-ring (bicyclic) bond motifs is 1. The van der Waals surface area contributed by atoms with Gasteiger partial charge in [0.25, 0.3) is 15.9 Å². The molecule has 1 aromatic carbocycles. The van der Waals surface area contributed by atoms with E-state index in [2.05, 4.69) is 10.3 Å². The number of rotatable bonds is 5. The molecule has 5 nitrogen and oxygen atoms in total. The first-order chi connectivity index (χ1) is 11.4. The van der Waals surface area contributed by atoms with E-state index in [-0.39, 0.29) is 4.90 Å². The van der Waals surface area contributed by atoms with Crippen molar-refractivity contribution in [3.05, 3.63) is 51.2 Å². The summed E-state index contributed by atoms with van der Waals surface area (Å²) in [5.41, 5.74) is 4.56. The van der Waals surface area contributed by atoms with Crippen LogP contribution in [0, 0.1) is 0 Å². The first-order valence-electron chi connectivity index (χ1n) is 7.90. The largest absolute Gasteiger partial charge is 0.276 e. The molecule has 24 heavy (non-hydrogen) atoms. The molecule has 128 valence electrons. The molecular formula is C17H20N2O3S2. The predicted octanol–water partition coefficient (Wildman–Crippen LogP) is 2.98. The second-order valence-corrected chi connectivity index (χ2v) is 9.02. The summed E-state index contributed by atoms with van der Waals surface area (Å²) >= 11 is 1.43. The molecule has 0 atom stereocenters. The van der Waals surface area contributed by atoms with E-state index < -0.39 is 15.9 Å². The van der Waals surface area contributed by atoms with Crippen LogP contribution in [0.1, 0.15) is 51.9 Å². The van der Waals surface area contributed by atoms with Crippen LogP contribution in [-0.4, -0.2) is 14.3 Å². The van der Waals surface area contributed by atoms with Crippen LogP contribution >= 0.6 is 11.3 Å². The van der Waals surface area contributed by atoms with Gasteiger partial charge in [-0.2, -0.15) is 0 Å². The fourth-order valence-corrected chi connectivity index (χ4v) is 4.70. The number of aryl methyl sites for hydroxylation is 2. The van der Waals surface area contributed by atoms with Crippen molar-refractivity contribution in [1.29, 1.82) is 0 Å². The number of thiophene rings is 1. The van der Waals surface area contributed by atoms with E-state index in [9.17, 15) is 13.2 Å². The van der Waals surface area contributed by atoms with Crippen molar-refractivity contribution in [2.45, 2.75) is 43.9 Å². The fraction of sp³-hybridized carbons (Fsp3) is 0.353. The third-order valence-electron chi connectivity index (χ3n) is 4.13. The van der Waals surface area contributed by atoms with Crippen LogP contribution < -0.4 is 10.3 Å². The zero-order valence-electron chi connectivity index (χ0n) is 13.6. The van der Waals surface area contributed by atoms with Gasteiger partial charge >= 0.3 is 0 Å².